The molecule has 1 aromatic carbocycles. The van der Waals surface area contributed by atoms with E-state index in [9.17, 15) is 9.59 Å². The van der Waals surface area contributed by atoms with Crippen LogP contribution in [0.2, 0.25) is 0 Å². The third-order valence-corrected chi connectivity index (χ3v) is 3.97. The molecule has 0 radical (unpaired) electrons. The number of rotatable bonds is 2. The standard InChI is InChI=1S/C14H11BrN4O2/c1-7-5-11(16-6-9(7)15)17-10-4-2-3-8-12(10)14(21)19-18-13(8)20/h2-6H,1H3,(H,16,17)(H,18,20)(H,19,21). The fraction of sp³-hybridized carbons (Fsp3) is 0.0714. The quantitative estimate of drug-likeness (QED) is 0.664. The van der Waals surface area contributed by atoms with Crippen LogP contribution >= 0.6 is 15.9 Å². The summed E-state index contributed by atoms with van der Waals surface area (Å²) in [5.74, 6) is 0.600. The van der Waals surface area contributed by atoms with E-state index >= 15 is 0 Å². The number of fused-ring (bicyclic) bond motifs is 1. The Labute approximate surface area is 127 Å². The first kappa shape index (κ1) is 13.6. The molecule has 106 valence electrons. The van der Waals surface area contributed by atoms with E-state index < -0.39 is 0 Å². The predicted octanol–water partition coefficient (Wildman–Crippen LogP) is 2.43. The largest absolute Gasteiger partial charge is 0.340 e. The summed E-state index contributed by atoms with van der Waals surface area (Å²) in [5.41, 5.74) is 0.850. The number of H-pyrrole nitrogens is 2. The molecular weight excluding hydrogens is 336 g/mol. The van der Waals surface area contributed by atoms with E-state index in [4.69, 9.17) is 0 Å². The van der Waals surface area contributed by atoms with Gasteiger partial charge in [-0.15, -0.1) is 0 Å². The second-order valence-corrected chi connectivity index (χ2v) is 5.43. The van der Waals surface area contributed by atoms with E-state index in [1.165, 1.54) is 0 Å². The van der Waals surface area contributed by atoms with Crippen LogP contribution in [0, 0.1) is 6.92 Å². The van der Waals surface area contributed by atoms with Crippen LogP contribution in [0.25, 0.3) is 10.8 Å². The summed E-state index contributed by atoms with van der Waals surface area (Å²) in [6.07, 6.45) is 1.68. The maximum atomic E-state index is 12.0. The van der Waals surface area contributed by atoms with Crippen LogP contribution in [0.15, 0.2) is 44.5 Å². The Hall–Kier alpha value is -2.41. The zero-order valence-corrected chi connectivity index (χ0v) is 12.6. The molecule has 0 amide bonds. The zero-order valence-electron chi connectivity index (χ0n) is 11.0. The van der Waals surface area contributed by atoms with Crippen molar-refractivity contribution in [1.82, 2.24) is 15.2 Å². The van der Waals surface area contributed by atoms with Crippen molar-refractivity contribution >= 4 is 38.2 Å². The van der Waals surface area contributed by atoms with Crippen molar-refractivity contribution in [2.24, 2.45) is 0 Å². The molecule has 3 rings (SSSR count). The highest BCUT2D eigenvalue weighted by molar-refractivity contribution is 9.10. The number of pyridine rings is 1. The van der Waals surface area contributed by atoms with Crippen molar-refractivity contribution in [3.63, 3.8) is 0 Å². The van der Waals surface area contributed by atoms with Crippen LogP contribution in [0.5, 0.6) is 0 Å². The number of nitrogens with one attached hydrogen (secondary N) is 3. The SMILES string of the molecule is Cc1cc(Nc2cccc3c(=O)[nH][nH]c(=O)c23)ncc1Br. The van der Waals surface area contributed by atoms with Crippen LogP contribution in [-0.4, -0.2) is 15.2 Å². The molecule has 0 aliphatic rings. The number of benzene rings is 1. The van der Waals surface area contributed by atoms with Crippen molar-refractivity contribution in [1.29, 1.82) is 0 Å². The summed E-state index contributed by atoms with van der Waals surface area (Å²) in [5, 5.41) is 8.35. The topological polar surface area (TPSA) is 90.6 Å². The van der Waals surface area contributed by atoms with Crippen LogP contribution in [0.3, 0.4) is 0 Å². The molecule has 21 heavy (non-hydrogen) atoms. The third-order valence-electron chi connectivity index (χ3n) is 3.14. The van der Waals surface area contributed by atoms with Crippen molar-refractivity contribution in [3.05, 3.63) is 61.2 Å². The molecule has 7 heteroatoms. The maximum absolute atomic E-state index is 12.0. The summed E-state index contributed by atoms with van der Waals surface area (Å²) < 4.78 is 0.903. The summed E-state index contributed by atoms with van der Waals surface area (Å²) in [6, 6.07) is 6.90. The van der Waals surface area contributed by atoms with Gasteiger partial charge in [0.15, 0.2) is 0 Å². The van der Waals surface area contributed by atoms with Gasteiger partial charge in [0.2, 0.25) is 0 Å². The molecule has 0 aliphatic heterocycles. The van der Waals surface area contributed by atoms with Crippen molar-refractivity contribution < 1.29 is 0 Å². The number of aromatic nitrogens is 3. The number of nitrogens with zero attached hydrogens (tertiary/aromatic N) is 1. The Morgan fingerprint density at radius 3 is 2.71 bits per heavy atom. The average Bonchev–Trinajstić information content (AvgIpc) is 2.47. The molecule has 0 saturated carbocycles. The Morgan fingerprint density at radius 1 is 1.19 bits per heavy atom. The van der Waals surface area contributed by atoms with Crippen molar-refractivity contribution in [3.8, 4) is 0 Å². The first-order valence-corrected chi connectivity index (χ1v) is 6.98. The molecule has 2 aromatic heterocycles. The van der Waals surface area contributed by atoms with Crippen molar-refractivity contribution in [2.75, 3.05) is 5.32 Å². The number of aromatic amines is 2. The van der Waals surface area contributed by atoms with E-state index in [1.54, 1.807) is 24.4 Å². The van der Waals surface area contributed by atoms with Crippen LogP contribution < -0.4 is 16.4 Å². The lowest BCUT2D eigenvalue weighted by Gasteiger charge is -2.09. The lowest BCUT2D eigenvalue weighted by atomic mass is 10.1. The van der Waals surface area contributed by atoms with Gasteiger partial charge in [-0.25, -0.2) is 4.98 Å². The minimum atomic E-state index is -0.360. The number of aryl methyl sites for hydroxylation is 1. The molecule has 0 spiro atoms. The van der Waals surface area contributed by atoms with Gasteiger partial charge in [0.1, 0.15) is 5.82 Å². The molecule has 0 aliphatic carbocycles. The lowest BCUT2D eigenvalue weighted by molar-refractivity contribution is 0.977. The minimum absolute atomic E-state index is 0.309. The zero-order chi connectivity index (χ0) is 15.0. The molecular formula is C14H11BrN4O2. The molecule has 0 bridgehead atoms. The Bertz CT molecular complexity index is 946. The van der Waals surface area contributed by atoms with Gasteiger partial charge in [-0.3, -0.25) is 19.8 Å². The predicted molar refractivity (Wildman–Crippen MR) is 85.1 cm³/mol. The molecule has 0 atom stereocenters. The molecule has 3 N–H and O–H groups in total. The van der Waals surface area contributed by atoms with E-state index in [1.807, 2.05) is 13.0 Å². The summed E-state index contributed by atoms with van der Waals surface area (Å²) >= 11 is 3.38. The van der Waals surface area contributed by atoms with Crippen LogP contribution in [0.4, 0.5) is 11.5 Å². The normalized spacial score (nSPS) is 10.8. The van der Waals surface area contributed by atoms with Gasteiger partial charge < -0.3 is 5.32 Å². The Kier molecular flexibility index (Phi) is 3.34. The molecule has 0 fully saturated rings. The fourth-order valence-electron chi connectivity index (χ4n) is 2.08. The molecule has 6 nitrogen and oxygen atoms in total. The highest BCUT2D eigenvalue weighted by atomic mass is 79.9. The van der Waals surface area contributed by atoms with Crippen LogP contribution in [0.1, 0.15) is 5.56 Å². The average molecular weight is 347 g/mol. The first-order chi connectivity index (χ1) is 10.1. The van der Waals surface area contributed by atoms with E-state index in [2.05, 4.69) is 36.4 Å². The number of anilines is 2. The van der Waals surface area contributed by atoms with E-state index in [-0.39, 0.29) is 11.1 Å². The van der Waals surface area contributed by atoms with E-state index in [0.717, 1.165) is 10.0 Å². The highest BCUT2D eigenvalue weighted by Crippen LogP contribution is 2.23. The number of hydrogen-bond donors (Lipinski definition) is 3. The molecule has 3 aromatic rings. The van der Waals surface area contributed by atoms with Gasteiger partial charge in [0.25, 0.3) is 11.1 Å². The summed E-state index contributed by atoms with van der Waals surface area (Å²) in [7, 11) is 0. The van der Waals surface area contributed by atoms with Gasteiger partial charge in [-0.2, -0.15) is 0 Å². The van der Waals surface area contributed by atoms with E-state index in [0.29, 0.717) is 22.3 Å². The third kappa shape index (κ3) is 2.47. The highest BCUT2D eigenvalue weighted by Gasteiger charge is 2.09. The molecule has 0 unspecified atom stereocenters. The smallest absolute Gasteiger partial charge is 0.272 e. The molecule has 0 saturated heterocycles. The summed E-state index contributed by atoms with van der Waals surface area (Å²) in [4.78, 5) is 28.0. The Morgan fingerprint density at radius 2 is 1.95 bits per heavy atom. The lowest BCUT2D eigenvalue weighted by Crippen LogP contribution is -2.19. The fourth-order valence-corrected chi connectivity index (χ4v) is 2.30. The van der Waals surface area contributed by atoms with Gasteiger partial charge in [-0.05, 0) is 46.6 Å². The Balaban J connectivity index is 2.17. The number of hydrogen-bond acceptors (Lipinski definition) is 4. The molecule has 2 heterocycles. The second-order valence-electron chi connectivity index (χ2n) is 4.58. The van der Waals surface area contributed by atoms with Crippen molar-refractivity contribution in [2.45, 2.75) is 6.92 Å². The van der Waals surface area contributed by atoms with Gasteiger partial charge >= 0.3 is 0 Å². The summed E-state index contributed by atoms with van der Waals surface area (Å²) in [6.45, 7) is 1.94. The second kappa shape index (κ2) is 5.17. The first-order valence-electron chi connectivity index (χ1n) is 6.19. The maximum Gasteiger partial charge on any atom is 0.272 e. The van der Waals surface area contributed by atoms with Gasteiger partial charge in [-0.1, -0.05) is 6.07 Å². The monoisotopic (exact) mass is 346 g/mol. The van der Waals surface area contributed by atoms with Gasteiger partial charge in [0, 0.05) is 10.7 Å². The number of halogens is 1. The van der Waals surface area contributed by atoms with Gasteiger partial charge in [0.05, 0.1) is 16.5 Å². The minimum Gasteiger partial charge on any atom is -0.340 e. The van der Waals surface area contributed by atoms with Crippen LogP contribution in [-0.2, 0) is 0 Å².